The fraction of sp³-hybridized carbons (Fsp3) is 0.300. The van der Waals surface area contributed by atoms with Crippen LogP contribution >= 0.6 is 0 Å². The van der Waals surface area contributed by atoms with Crippen LogP contribution in [-0.2, 0) is 10.0 Å². The maximum absolute atomic E-state index is 12.7. The highest BCUT2D eigenvalue weighted by Crippen LogP contribution is 2.23. The molecule has 28 heavy (non-hydrogen) atoms. The molecule has 148 valence electrons. The molecule has 0 aliphatic rings. The number of hydrogen-bond donors (Lipinski definition) is 2. The molecule has 0 bridgehead atoms. The summed E-state index contributed by atoms with van der Waals surface area (Å²) in [6.07, 6.45) is 0. The third-order valence-corrected chi connectivity index (χ3v) is 6.38. The number of nitrogens with one attached hydrogen (secondary N) is 2. The van der Waals surface area contributed by atoms with E-state index < -0.39 is 10.0 Å². The highest BCUT2D eigenvalue weighted by atomic mass is 32.2. The third-order valence-electron chi connectivity index (χ3n) is 4.55. The zero-order chi connectivity index (χ0) is 20.5. The van der Waals surface area contributed by atoms with E-state index in [4.69, 9.17) is 0 Å². The topological polar surface area (TPSA) is 95.2 Å². The van der Waals surface area contributed by atoms with Crippen LogP contribution in [0.2, 0.25) is 0 Å². The Hall–Kier alpha value is -2.71. The maximum Gasteiger partial charge on any atom is 0.251 e. The fourth-order valence-corrected chi connectivity index (χ4v) is 3.79. The van der Waals surface area contributed by atoms with Gasteiger partial charge in [0.1, 0.15) is 5.82 Å². The van der Waals surface area contributed by atoms with Crippen LogP contribution in [-0.4, -0.2) is 42.7 Å². The number of H-pyrrole nitrogens is 1. The normalized spacial score (nSPS) is 13.2. The fourth-order valence-electron chi connectivity index (χ4n) is 2.88. The van der Waals surface area contributed by atoms with E-state index in [2.05, 4.69) is 15.3 Å². The van der Waals surface area contributed by atoms with E-state index in [1.807, 2.05) is 38.1 Å². The molecule has 0 radical (unpaired) electrons. The Kier molecular flexibility index (Phi) is 5.53. The lowest BCUT2D eigenvalue weighted by atomic mass is 10.0. The van der Waals surface area contributed by atoms with Gasteiger partial charge in [0.2, 0.25) is 10.0 Å². The number of hydrogen-bond acceptors (Lipinski definition) is 4. The number of carbonyl (C=O) groups excluding carboxylic acids is 1. The van der Waals surface area contributed by atoms with Gasteiger partial charge in [-0.1, -0.05) is 26.0 Å². The van der Waals surface area contributed by atoms with Crippen molar-refractivity contribution in [3.05, 3.63) is 59.9 Å². The molecule has 1 amide bonds. The van der Waals surface area contributed by atoms with Gasteiger partial charge in [0.25, 0.3) is 5.91 Å². The van der Waals surface area contributed by atoms with Gasteiger partial charge >= 0.3 is 0 Å². The summed E-state index contributed by atoms with van der Waals surface area (Å²) in [4.78, 5) is 20.7. The standard InChI is InChI=1S/C20H24N4O3S/c1-13(2)18(19-21-16-7-5-6-8-17(16)22-19)23-20(25)14-9-11-15(12-10-14)28(26,27)24(3)4/h5-13,18H,1-4H3,(H,21,22)(H,23,25). The van der Waals surface area contributed by atoms with Crippen LogP contribution in [0.25, 0.3) is 11.0 Å². The molecule has 7 nitrogen and oxygen atoms in total. The Morgan fingerprint density at radius 2 is 1.71 bits per heavy atom. The van der Waals surface area contributed by atoms with Crippen molar-refractivity contribution in [2.24, 2.45) is 5.92 Å². The number of sulfonamides is 1. The second-order valence-corrected chi connectivity index (χ2v) is 9.30. The van der Waals surface area contributed by atoms with Crippen LogP contribution in [0.3, 0.4) is 0 Å². The van der Waals surface area contributed by atoms with E-state index in [1.54, 1.807) is 0 Å². The smallest absolute Gasteiger partial charge is 0.251 e. The average Bonchev–Trinajstić information content (AvgIpc) is 3.09. The van der Waals surface area contributed by atoms with Crippen LogP contribution in [0.4, 0.5) is 0 Å². The Balaban J connectivity index is 1.83. The molecule has 1 heterocycles. The van der Waals surface area contributed by atoms with Gasteiger partial charge < -0.3 is 10.3 Å². The van der Waals surface area contributed by atoms with Gasteiger partial charge in [-0.05, 0) is 42.3 Å². The second-order valence-electron chi connectivity index (χ2n) is 7.15. The van der Waals surface area contributed by atoms with Crippen LogP contribution in [0.15, 0.2) is 53.4 Å². The van der Waals surface area contributed by atoms with Crippen molar-refractivity contribution in [1.82, 2.24) is 19.6 Å². The molecule has 1 aromatic heterocycles. The molecular formula is C20H24N4O3S. The first-order chi connectivity index (χ1) is 13.2. The minimum absolute atomic E-state index is 0.109. The number of para-hydroxylation sites is 2. The predicted octanol–water partition coefficient (Wildman–Crippen LogP) is 2.94. The summed E-state index contributed by atoms with van der Waals surface area (Å²) >= 11 is 0. The Morgan fingerprint density at radius 1 is 1.07 bits per heavy atom. The van der Waals surface area contributed by atoms with Crippen LogP contribution < -0.4 is 5.32 Å². The monoisotopic (exact) mass is 400 g/mol. The Bertz CT molecular complexity index is 1050. The van der Waals surface area contributed by atoms with E-state index in [0.29, 0.717) is 11.4 Å². The first-order valence-corrected chi connectivity index (χ1v) is 10.4. The SMILES string of the molecule is CC(C)C(NC(=O)c1ccc(S(=O)(=O)N(C)C)cc1)c1nc2ccccc2[nH]1. The number of benzene rings is 2. The molecule has 8 heteroatoms. The van der Waals surface area contributed by atoms with Gasteiger partial charge in [0.05, 0.1) is 22.0 Å². The van der Waals surface area contributed by atoms with Crippen molar-refractivity contribution >= 4 is 27.0 Å². The van der Waals surface area contributed by atoms with Crippen molar-refractivity contribution in [2.45, 2.75) is 24.8 Å². The number of amides is 1. The average molecular weight is 401 g/mol. The number of rotatable bonds is 6. The summed E-state index contributed by atoms with van der Waals surface area (Å²) in [5, 5.41) is 3.00. The van der Waals surface area contributed by atoms with Crippen molar-refractivity contribution in [3.8, 4) is 0 Å². The van der Waals surface area contributed by atoms with Gasteiger partial charge in [-0.3, -0.25) is 4.79 Å². The van der Waals surface area contributed by atoms with Crippen LogP contribution in [0.5, 0.6) is 0 Å². The maximum atomic E-state index is 12.7. The van der Waals surface area contributed by atoms with Gasteiger partial charge in [-0.15, -0.1) is 0 Å². The first-order valence-electron chi connectivity index (χ1n) is 8.98. The summed E-state index contributed by atoms with van der Waals surface area (Å²) in [7, 11) is -0.589. The molecule has 0 aliphatic carbocycles. The summed E-state index contributed by atoms with van der Waals surface area (Å²) < 4.78 is 25.5. The number of fused-ring (bicyclic) bond motifs is 1. The number of nitrogens with zero attached hydrogens (tertiary/aromatic N) is 2. The molecule has 0 saturated heterocycles. The first kappa shape index (κ1) is 20.0. The van der Waals surface area contributed by atoms with E-state index in [1.165, 1.54) is 38.4 Å². The summed E-state index contributed by atoms with van der Waals surface area (Å²) in [6, 6.07) is 13.3. The number of aromatic nitrogens is 2. The van der Waals surface area contributed by atoms with Crippen LogP contribution in [0, 0.1) is 5.92 Å². The molecule has 3 rings (SSSR count). The molecule has 1 unspecified atom stereocenters. The van der Waals surface area contributed by atoms with Gasteiger partial charge in [-0.2, -0.15) is 0 Å². The zero-order valence-corrected chi connectivity index (χ0v) is 17.1. The largest absolute Gasteiger partial charge is 0.342 e. The summed E-state index contributed by atoms with van der Waals surface area (Å²) in [5.74, 6) is 0.516. The van der Waals surface area contributed by atoms with Crippen molar-refractivity contribution in [3.63, 3.8) is 0 Å². The molecule has 3 aromatic rings. The number of carbonyl (C=O) groups is 1. The molecule has 0 spiro atoms. The lowest BCUT2D eigenvalue weighted by Gasteiger charge is -2.20. The predicted molar refractivity (Wildman–Crippen MR) is 108 cm³/mol. The Morgan fingerprint density at radius 3 is 2.29 bits per heavy atom. The molecular weight excluding hydrogens is 376 g/mol. The second kappa shape index (κ2) is 7.73. The van der Waals surface area contributed by atoms with E-state index in [0.717, 1.165) is 15.3 Å². The molecule has 0 saturated carbocycles. The lowest BCUT2D eigenvalue weighted by molar-refractivity contribution is 0.0923. The van der Waals surface area contributed by atoms with Gasteiger partial charge in [0.15, 0.2) is 0 Å². The molecule has 0 fully saturated rings. The lowest BCUT2D eigenvalue weighted by Crippen LogP contribution is -2.32. The molecule has 2 N–H and O–H groups in total. The number of aromatic amines is 1. The highest BCUT2D eigenvalue weighted by Gasteiger charge is 2.23. The molecule has 1 atom stereocenters. The molecule has 2 aromatic carbocycles. The van der Waals surface area contributed by atoms with Crippen molar-refractivity contribution in [2.75, 3.05) is 14.1 Å². The Labute approximate surface area is 164 Å². The van der Waals surface area contributed by atoms with Crippen molar-refractivity contribution in [1.29, 1.82) is 0 Å². The van der Waals surface area contributed by atoms with Crippen LogP contribution in [0.1, 0.15) is 36.1 Å². The summed E-state index contributed by atoms with van der Waals surface area (Å²) in [5.41, 5.74) is 2.14. The van der Waals surface area contributed by atoms with Gasteiger partial charge in [-0.25, -0.2) is 17.7 Å². The quantitative estimate of drug-likeness (QED) is 0.665. The third kappa shape index (κ3) is 3.93. The van der Waals surface area contributed by atoms with E-state index in [-0.39, 0.29) is 22.8 Å². The zero-order valence-electron chi connectivity index (χ0n) is 16.3. The van der Waals surface area contributed by atoms with E-state index in [9.17, 15) is 13.2 Å². The minimum atomic E-state index is -3.53. The highest BCUT2D eigenvalue weighted by molar-refractivity contribution is 7.89. The molecule has 0 aliphatic heterocycles. The number of imidazole rings is 1. The van der Waals surface area contributed by atoms with E-state index >= 15 is 0 Å². The van der Waals surface area contributed by atoms with Gasteiger partial charge in [0, 0.05) is 19.7 Å². The van der Waals surface area contributed by atoms with Crippen molar-refractivity contribution < 1.29 is 13.2 Å². The minimum Gasteiger partial charge on any atom is -0.342 e. The summed E-state index contributed by atoms with van der Waals surface area (Å²) in [6.45, 7) is 4.01.